The topological polar surface area (TPSA) is 51.7 Å². The number of hydrogen-bond donors (Lipinski definition) is 1. The van der Waals surface area contributed by atoms with Crippen LogP contribution in [0, 0.1) is 0 Å². The molecule has 0 fully saturated rings. The van der Waals surface area contributed by atoms with Gasteiger partial charge in [-0.2, -0.15) is 0 Å². The summed E-state index contributed by atoms with van der Waals surface area (Å²) in [5.74, 6) is 0. The molecule has 6 heavy (non-hydrogen) atoms. The Hall–Kier alpha value is 0.210. The predicted octanol–water partition coefficient (Wildman–Crippen LogP) is 0.129. The Labute approximate surface area is 42.0 Å². The van der Waals surface area contributed by atoms with Crippen LogP contribution in [-0.4, -0.2) is 16.1 Å². The maximum Gasteiger partial charge on any atom is 0.127 e. The molecule has 3 heteroatoms. The second kappa shape index (κ2) is 5.21. The van der Waals surface area contributed by atoms with Crippen molar-refractivity contribution in [3.63, 3.8) is 0 Å². The fourth-order valence-corrected chi connectivity index (χ4v) is 0. The van der Waals surface area contributed by atoms with E-state index in [4.69, 9.17) is 16.7 Å². The lowest BCUT2D eigenvalue weighted by molar-refractivity contribution is 0.252. The van der Waals surface area contributed by atoms with Crippen molar-refractivity contribution in [1.82, 2.24) is 0 Å². The monoisotopic (exact) mass is 112 g/mol. The molecular formula is C3H9ClO2. The standard InChI is InChI=1S/C3H7ClO.H2O/c1-2-3(4)5;/h3,5H,2H2,1H3;1H2. The summed E-state index contributed by atoms with van der Waals surface area (Å²) in [7, 11) is 0. The van der Waals surface area contributed by atoms with Crippen molar-refractivity contribution < 1.29 is 10.6 Å². The fraction of sp³-hybridized carbons (Fsp3) is 1.00. The lowest BCUT2D eigenvalue weighted by atomic mass is 10.5. The van der Waals surface area contributed by atoms with Gasteiger partial charge in [-0.1, -0.05) is 18.5 Å². The smallest absolute Gasteiger partial charge is 0.127 e. The van der Waals surface area contributed by atoms with Gasteiger partial charge in [-0.05, 0) is 6.42 Å². The molecule has 2 nitrogen and oxygen atoms in total. The van der Waals surface area contributed by atoms with E-state index in [1.165, 1.54) is 0 Å². The largest absolute Gasteiger partial charge is 0.412 e. The van der Waals surface area contributed by atoms with Crippen LogP contribution in [0.25, 0.3) is 0 Å². The van der Waals surface area contributed by atoms with Crippen molar-refractivity contribution in [2.75, 3.05) is 0 Å². The summed E-state index contributed by atoms with van der Waals surface area (Å²) in [6, 6.07) is 0. The molecule has 0 heterocycles. The second-order valence-corrected chi connectivity index (χ2v) is 1.35. The number of hydrogen-bond acceptors (Lipinski definition) is 1. The minimum atomic E-state index is -0.644. The molecule has 1 atom stereocenters. The zero-order valence-electron chi connectivity index (χ0n) is 3.61. The van der Waals surface area contributed by atoms with E-state index in [9.17, 15) is 0 Å². The third kappa shape index (κ3) is 8.88. The first kappa shape index (κ1) is 9.51. The Morgan fingerprint density at radius 2 is 2.00 bits per heavy atom. The molecule has 0 amide bonds. The van der Waals surface area contributed by atoms with Crippen LogP contribution in [0.15, 0.2) is 0 Å². The van der Waals surface area contributed by atoms with Crippen molar-refractivity contribution in [2.45, 2.75) is 18.9 Å². The van der Waals surface area contributed by atoms with Gasteiger partial charge in [0.05, 0.1) is 0 Å². The summed E-state index contributed by atoms with van der Waals surface area (Å²) in [5.41, 5.74) is -0.644. The molecule has 0 radical (unpaired) electrons. The van der Waals surface area contributed by atoms with E-state index in [0.717, 1.165) is 0 Å². The van der Waals surface area contributed by atoms with Crippen LogP contribution < -0.4 is 0 Å². The van der Waals surface area contributed by atoms with Gasteiger partial charge in [0.15, 0.2) is 0 Å². The predicted molar refractivity (Wildman–Crippen MR) is 25.8 cm³/mol. The SMILES string of the molecule is CCC(O)Cl.O. The zero-order valence-corrected chi connectivity index (χ0v) is 4.37. The average molecular weight is 113 g/mol. The van der Waals surface area contributed by atoms with Crippen LogP contribution in [0.5, 0.6) is 0 Å². The molecule has 0 aliphatic rings. The van der Waals surface area contributed by atoms with E-state index in [-0.39, 0.29) is 5.48 Å². The van der Waals surface area contributed by atoms with Crippen LogP contribution >= 0.6 is 11.6 Å². The molecule has 0 aliphatic carbocycles. The minimum Gasteiger partial charge on any atom is -0.412 e. The summed E-state index contributed by atoms with van der Waals surface area (Å²) in [6.07, 6.45) is 0.627. The molecule has 3 N–H and O–H groups in total. The summed E-state index contributed by atoms with van der Waals surface area (Å²) >= 11 is 5.02. The molecule has 0 bridgehead atoms. The van der Waals surface area contributed by atoms with Gasteiger partial charge in [-0.15, -0.1) is 0 Å². The van der Waals surface area contributed by atoms with Crippen molar-refractivity contribution in [3.05, 3.63) is 0 Å². The number of rotatable bonds is 1. The molecule has 0 aromatic rings. The van der Waals surface area contributed by atoms with Gasteiger partial charge >= 0.3 is 0 Å². The Balaban J connectivity index is 0. The van der Waals surface area contributed by atoms with Crippen molar-refractivity contribution in [3.8, 4) is 0 Å². The Bertz CT molecular complexity index is 22.8. The maximum absolute atomic E-state index is 8.13. The lowest BCUT2D eigenvalue weighted by Gasteiger charge is -1.87. The van der Waals surface area contributed by atoms with Crippen molar-refractivity contribution >= 4 is 11.6 Å². The van der Waals surface area contributed by atoms with E-state index in [2.05, 4.69) is 0 Å². The van der Waals surface area contributed by atoms with E-state index >= 15 is 0 Å². The summed E-state index contributed by atoms with van der Waals surface area (Å²) < 4.78 is 0. The number of alkyl halides is 1. The third-order valence-corrected chi connectivity index (χ3v) is 0.645. The van der Waals surface area contributed by atoms with Crippen molar-refractivity contribution in [1.29, 1.82) is 0 Å². The molecule has 40 valence electrons. The first-order chi connectivity index (χ1) is 2.27. The summed E-state index contributed by atoms with van der Waals surface area (Å²) in [6.45, 7) is 1.82. The van der Waals surface area contributed by atoms with Crippen molar-refractivity contribution in [2.24, 2.45) is 0 Å². The highest BCUT2D eigenvalue weighted by Gasteiger charge is 1.85. The maximum atomic E-state index is 8.13. The summed E-state index contributed by atoms with van der Waals surface area (Å²) in [4.78, 5) is 0. The highest BCUT2D eigenvalue weighted by molar-refractivity contribution is 6.19. The van der Waals surface area contributed by atoms with Gasteiger partial charge < -0.3 is 10.6 Å². The van der Waals surface area contributed by atoms with Gasteiger partial charge in [0, 0.05) is 0 Å². The molecule has 0 saturated heterocycles. The molecule has 0 aliphatic heterocycles. The van der Waals surface area contributed by atoms with E-state index in [1.807, 2.05) is 6.92 Å². The molecule has 0 aromatic carbocycles. The molecule has 0 aromatic heterocycles. The van der Waals surface area contributed by atoms with Crippen LogP contribution in [-0.2, 0) is 0 Å². The Morgan fingerprint density at radius 1 is 1.83 bits per heavy atom. The van der Waals surface area contributed by atoms with Gasteiger partial charge in [-0.3, -0.25) is 0 Å². The van der Waals surface area contributed by atoms with Gasteiger partial charge in [0.25, 0.3) is 0 Å². The highest BCUT2D eigenvalue weighted by Crippen LogP contribution is 1.91. The van der Waals surface area contributed by atoms with Crippen LogP contribution in [0.4, 0.5) is 0 Å². The lowest BCUT2D eigenvalue weighted by Crippen LogP contribution is -1.88. The zero-order chi connectivity index (χ0) is 4.28. The Morgan fingerprint density at radius 3 is 2.00 bits per heavy atom. The van der Waals surface area contributed by atoms with Gasteiger partial charge in [-0.25, -0.2) is 0 Å². The second-order valence-electron chi connectivity index (χ2n) is 0.843. The summed E-state index contributed by atoms with van der Waals surface area (Å²) in [5, 5.41) is 8.13. The number of halogens is 1. The molecule has 0 spiro atoms. The van der Waals surface area contributed by atoms with E-state index in [0.29, 0.717) is 6.42 Å². The number of aliphatic hydroxyl groups is 1. The van der Waals surface area contributed by atoms with Gasteiger partial charge in [0.1, 0.15) is 5.56 Å². The first-order valence-electron chi connectivity index (χ1n) is 1.59. The average Bonchev–Trinajstić information content (AvgIpc) is 1.38. The third-order valence-electron chi connectivity index (χ3n) is 0.337. The molecule has 0 rings (SSSR count). The molecule has 1 unspecified atom stereocenters. The fourth-order valence-electron chi connectivity index (χ4n) is 0. The van der Waals surface area contributed by atoms with Gasteiger partial charge in [0.2, 0.25) is 0 Å². The highest BCUT2D eigenvalue weighted by atomic mass is 35.5. The first-order valence-corrected chi connectivity index (χ1v) is 2.03. The minimum absolute atomic E-state index is 0. The van der Waals surface area contributed by atoms with E-state index in [1.54, 1.807) is 0 Å². The number of aliphatic hydroxyl groups excluding tert-OH is 1. The quantitative estimate of drug-likeness (QED) is 0.482. The normalized spacial score (nSPS) is 12.5. The Kier molecular flexibility index (Phi) is 8.26. The molecule has 0 saturated carbocycles. The van der Waals surface area contributed by atoms with Crippen LogP contribution in [0.3, 0.4) is 0 Å². The van der Waals surface area contributed by atoms with E-state index < -0.39 is 5.56 Å². The molecular weight excluding hydrogens is 103 g/mol. The van der Waals surface area contributed by atoms with Crippen LogP contribution in [0.2, 0.25) is 0 Å². The van der Waals surface area contributed by atoms with Crippen LogP contribution in [0.1, 0.15) is 13.3 Å².